The molecule has 1 aromatic rings. The Morgan fingerprint density at radius 3 is 2.68 bits per heavy atom. The van der Waals surface area contributed by atoms with Crippen LogP contribution in [0.25, 0.3) is 0 Å². The lowest BCUT2D eigenvalue weighted by molar-refractivity contribution is 0.377. The van der Waals surface area contributed by atoms with Gasteiger partial charge in [-0.25, -0.2) is 4.98 Å². The van der Waals surface area contributed by atoms with E-state index in [9.17, 15) is 0 Å². The van der Waals surface area contributed by atoms with Crippen LogP contribution < -0.4 is 5.32 Å². The van der Waals surface area contributed by atoms with Gasteiger partial charge in [0.15, 0.2) is 0 Å². The van der Waals surface area contributed by atoms with Crippen molar-refractivity contribution in [3.63, 3.8) is 0 Å². The van der Waals surface area contributed by atoms with Gasteiger partial charge in [0.05, 0.1) is 0 Å². The molecule has 1 N–H and O–H groups in total. The van der Waals surface area contributed by atoms with E-state index in [1.165, 1.54) is 42.4 Å². The molecule has 2 heterocycles. The Labute approximate surface area is 124 Å². The van der Waals surface area contributed by atoms with Crippen LogP contribution in [0.1, 0.15) is 18.7 Å². The van der Waals surface area contributed by atoms with E-state index < -0.39 is 0 Å². The molecule has 106 valence electrons. The lowest BCUT2D eigenvalue weighted by Crippen LogP contribution is -2.38. The van der Waals surface area contributed by atoms with E-state index in [2.05, 4.69) is 51.5 Å². The predicted octanol–water partition coefficient (Wildman–Crippen LogP) is 2.41. The second kappa shape index (κ2) is 6.10. The van der Waals surface area contributed by atoms with Crippen molar-refractivity contribution in [2.75, 3.05) is 29.6 Å². The molecule has 0 aromatic carbocycles. The van der Waals surface area contributed by atoms with E-state index in [-0.39, 0.29) is 0 Å². The zero-order valence-corrected chi connectivity index (χ0v) is 13.2. The highest BCUT2D eigenvalue weighted by atomic mass is 32.2. The number of nitrogens with zero attached hydrogens (tertiary/aromatic N) is 2. The molecule has 1 aliphatic carbocycles. The van der Waals surface area contributed by atoms with Gasteiger partial charge in [0.1, 0.15) is 5.82 Å². The largest absolute Gasteiger partial charge is 0.335 e. The molecule has 3 nitrogen and oxygen atoms in total. The first-order valence-electron chi connectivity index (χ1n) is 7.14. The number of rotatable bonds is 5. The molecule has 1 saturated heterocycles. The summed E-state index contributed by atoms with van der Waals surface area (Å²) in [5.41, 5.74) is 0.507. The van der Waals surface area contributed by atoms with E-state index in [1.807, 2.05) is 6.20 Å². The summed E-state index contributed by atoms with van der Waals surface area (Å²) in [4.78, 5) is 4.33. The smallest absolute Gasteiger partial charge is 0.105 e. The van der Waals surface area contributed by atoms with Crippen LogP contribution in [-0.4, -0.2) is 45.1 Å². The van der Waals surface area contributed by atoms with Gasteiger partial charge in [-0.1, -0.05) is 0 Å². The summed E-state index contributed by atoms with van der Waals surface area (Å²) >= 11 is 4.21. The number of imidazole rings is 1. The van der Waals surface area contributed by atoms with E-state index in [0.29, 0.717) is 11.5 Å². The summed E-state index contributed by atoms with van der Waals surface area (Å²) in [7, 11) is 0. The highest BCUT2D eigenvalue weighted by Crippen LogP contribution is 2.46. The third kappa shape index (κ3) is 3.70. The van der Waals surface area contributed by atoms with Gasteiger partial charge in [-0.05, 0) is 19.8 Å². The summed E-state index contributed by atoms with van der Waals surface area (Å²) in [6.07, 6.45) is 6.76. The third-order valence-electron chi connectivity index (χ3n) is 4.16. The fourth-order valence-corrected chi connectivity index (χ4v) is 5.06. The van der Waals surface area contributed by atoms with Crippen LogP contribution in [0.2, 0.25) is 0 Å². The number of hydrogen-bond donors (Lipinski definition) is 1. The van der Waals surface area contributed by atoms with Gasteiger partial charge < -0.3 is 9.88 Å². The average molecular weight is 297 g/mol. The molecule has 0 radical (unpaired) electrons. The van der Waals surface area contributed by atoms with Gasteiger partial charge in [-0.15, -0.1) is 0 Å². The van der Waals surface area contributed by atoms with Gasteiger partial charge >= 0.3 is 0 Å². The average Bonchev–Trinajstić information content (AvgIpc) is 3.12. The molecule has 2 aliphatic rings. The van der Waals surface area contributed by atoms with Gasteiger partial charge in [0, 0.05) is 60.0 Å². The Balaban J connectivity index is 1.50. The molecule has 19 heavy (non-hydrogen) atoms. The first kappa shape index (κ1) is 13.8. The fourth-order valence-electron chi connectivity index (χ4n) is 2.60. The van der Waals surface area contributed by atoms with Crippen molar-refractivity contribution in [2.45, 2.75) is 32.4 Å². The number of aromatic nitrogens is 2. The maximum absolute atomic E-state index is 4.33. The minimum absolute atomic E-state index is 0.507. The van der Waals surface area contributed by atoms with Crippen molar-refractivity contribution in [2.24, 2.45) is 5.41 Å². The highest BCUT2D eigenvalue weighted by Gasteiger charge is 2.43. The Bertz CT molecular complexity index is 407. The van der Waals surface area contributed by atoms with Crippen LogP contribution in [0.5, 0.6) is 0 Å². The minimum atomic E-state index is 0.507. The Hall–Kier alpha value is -0.130. The van der Waals surface area contributed by atoms with Gasteiger partial charge in [-0.3, -0.25) is 0 Å². The van der Waals surface area contributed by atoms with Gasteiger partial charge in [-0.2, -0.15) is 23.5 Å². The molecule has 1 aliphatic heterocycles. The monoisotopic (exact) mass is 297 g/mol. The number of nitrogens with one attached hydrogen (secondary N) is 1. The van der Waals surface area contributed by atoms with E-state index >= 15 is 0 Å². The molecule has 3 rings (SSSR count). The van der Waals surface area contributed by atoms with Crippen LogP contribution in [-0.2, 0) is 6.54 Å². The van der Waals surface area contributed by atoms with Crippen LogP contribution in [0.4, 0.5) is 0 Å². The van der Waals surface area contributed by atoms with Gasteiger partial charge in [0.25, 0.3) is 0 Å². The highest BCUT2D eigenvalue weighted by molar-refractivity contribution is 8.03. The van der Waals surface area contributed by atoms with Crippen molar-refractivity contribution in [3.8, 4) is 0 Å². The molecular weight excluding hydrogens is 274 g/mol. The molecule has 0 unspecified atom stereocenters. The lowest BCUT2D eigenvalue weighted by atomic mass is 10.1. The maximum Gasteiger partial charge on any atom is 0.105 e. The summed E-state index contributed by atoms with van der Waals surface area (Å²) in [6, 6.07) is 0.707. The van der Waals surface area contributed by atoms with Gasteiger partial charge in [0.2, 0.25) is 0 Å². The van der Waals surface area contributed by atoms with Crippen LogP contribution >= 0.6 is 23.5 Å². The molecule has 2 fully saturated rings. The summed E-state index contributed by atoms with van der Waals surface area (Å²) in [5, 5.41) is 3.82. The topological polar surface area (TPSA) is 29.9 Å². The minimum Gasteiger partial charge on any atom is -0.335 e. The van der Waals surface area contributed by atoms with E-state index in [0.717, 1.165) is 12.4 Å². The Morgan fingerprint density at radius 1 is 1.37 bits per heavy atom. The normalized spacial score (nSPS) is 23.2. The van der Waals surface area contributed by atoms with Crippen molar-refractivity contribution in [3.05, 3.63) is 18.2 Å². The zero-order valence-electron chi connectivity index (χ0n) is 11.6. The molecule has 5 heteroatoms. The lowest BCUT2D eigenvalue weighted by Gasteiger charge is -2.22. The van der Waals surface area contributed by atoms with Crippen molar-refractivity contribution in [1.29, 1.82) is 0 Å². The predicted molar refractivity (Wildman–Crippen MR) is 85.1 cm³/mol. The van der Waals surface area contributed by atoms with Crippen molar-refractivity contribution < 1.29 is 0 Å². The molecule has 0 spiro atoms. The van der Waals surface area contributed by atoms with E-state index in [1.54, 1.807) is 0 Å². The van der Waals surface area contributed by atoms with Crippen LogP contribution in [0.15, 0.2) is 12.4 Å². The van der Waals surface area contributed by atoms with Crippen LogP contribution in [0.3, 0.4) is 0 Å². The molecule has 0 bridgehead atoms. The SMILES string of the molecule is Cc1nccn1CC1(CNC2CSCCSC2)CC1. The van der Waals surface area contributed by atoms with Crippen molar-refractivity contribution in [1.82, 2.24) is 14.9 Å². The van der Waals surface area contributed by atoms with Crippen molar-refractivity contribution >= 4 is 23.5 Å². The van der Waals surface area contributed by atoms with Crippen LogP contribution in [0, 0.1) is 12.3 Å². The second-order valence-electron chi connectivity index (χ2n) is 5.83. The standard InChI is InChI=1S/C14H23N3S2/c1-12-15-4-5-17(12)11-14(2-3-14)10-16-13-8-18-6-7-19-9-13/h4-5,13,16H,2-3,6-11H2,1H3. The number of thioether (sulfide) groups is 2. The molecule has 0 amide bonds. The molecule has 1 saturated carbocycles. The zero-order chi connectivity index (χ0) is 13.1. The summed E-state index contributed by atoms with van der Waals surface area (Å²) in [5.74, 6) is 6.36. The Morgan fingerprint density at radius 2 is 2.11 bits per heavy atom. The second-order valence-corrected chi connectivity index (χ2v) is 8.13. The Kier molecular flexibility index (Phi) is 4.44. The maximum atomic E-state index is 4.33. The first-order valence-corrected chi connectivity index (χ1v) is 9.45. The quantitative estimate of drug-likeness (QED) is 0.904. The molecule has 0 atom stereocenters. The third-order valence-corrected chi connectivity index (χ3v) is 6.68. The summed E-state index contributed by atoms with van der Waals surface area (Å²) < 4.78 is 2.31. The number of aryl methyl sites for hydroxylation is 1. The number of hydrogen-bond acceptors (Lipinski definition) is 4. The molecular formula is C14H23N3S2. The molecule has 1 aromatic heterocycles. The van der Waals surface area contributed by atoms with E-state index in [4.69, 9.17) is 0 Å². The first-order chi connectivity index (χ1) is 9.27. The fraction of sp³-hybridized carbons (Fsp3) is 0.786. The summed E-state index contributed by atoms with van der Waals surface area (Å²) in [6.45, 7) is 4.41.